The Labute approximate surface area is 574 Å². The number of hydrogen-bond acceptors (Lipinski definition) is 18. The third kappa shape index (κ3) is 28.9. The number of carbonyl (C=O) groups excluding carboxylic acids is 13. The molecule has 1 fully saturated rings. The molecule has 34 heteroatoms. The predicted octanol–water partition coefficient (Wildman–Crippen LogP) is -4.21. The number of aromatic hydroxyl groups is 1. The number of guanidine groups is 1. The molecule has 0 spiro atoms. The van der Waals surface area contributed by atoms with E-state index in [9.17, 15) is 82.4 Å². The van der Waals surface area contributed by atoms with Crippen molar-refractivity contribution < 1.29 is 82.4 Å². The summed E-state index contributed by atoms with van der Waals surface area (Å²) in [6, 6.07) is -1.36. The number of phenolic OH excluding ortho intramolecular Hbond substituents is 1. The summed E-state index contributed by atoms with van der Waals surface area (Å²) in [5, 5.41) is 56.1. The highest BCUT2D eigenvalue weighted by Gasteiger charge is 2.42. The van der Waals surface area contributed by atoms with E-state index in [1.807, 2.05) is 0 Å². The number of amides is 13. The van der Waals surface area contributed by atoms with Crippen LogP contribution in [0.4, 0.5) is 0 Å². The van der Waals surface area contributed by atoms with E-state index >= 15 is 0 Å². The molecule has 0 bridgehead atoms. The maximum absolute atomic E-state index is 14.6. The van der Waals surface area contributed by atoms with Crippen LogP contribution in [0.5, 0.6) is 5.75 Å². The number of nitrogens with two attached hydrogens (primary N) is 5. The molecule has 3 rings (SSSR count). The summed E-state index contributed by atoms with van der Waals surface area (Å²) in [6.07, 6.45) is -3.18. The van der Waals surface area contributed by atoms with Gasteiger partial charge in [0.1, 0.15) is 66.2 Å². The smallest absolute Gasteiger partial charge is 0.303 e. The molecule has 0 saturated carbocycles. The summed E-state index contributed by atoms with van der Waals surface area (Å²) in [4.78, 5) is 195. The summed E-state index contributed by atoms with van der Waals surface area (Å²) >= 11 is 0. The predicted molar refractivity (Wildman–Crippen MR) is 361 cm³/mol. The summed E-state index contributed by atoms with van der Waals surface area (Å²) in [6.45, 7) is 12.3. The molecule has 99 heavy (non-hydrogen) atoms. The SMILES string of the molecule is CC[C@H](C)[C@H](NC(=O)[C@@H]1CCCN1C(=O)[C@@H](NC(=O)[C@H](C)N)C(C)C)C(=O)N[C@@H](Cc1ccccc1)C(=O)N[C@H](C(=O)N[C@@H](Cc1ccc(O)cc1)C(=O)NCC(=O)N[C@@H](CCC(=O)O)C(=O)N[C@@H](CC(C)C)C(=O)N[C@@H](CCC(N)=O)C(=O)N[C@@H](CCCN=C(N)N)C(N)=O)[C@@H](C)O. The van der Waals surface area contributed by atoms with Gasteiger partial charge in [-0.15, -0.1) is 0 Å². The van der Waals surface area contributed by atoms with E-state index in [0.29, 0.717) is 24.0 Å². The van der Waals surface area contributed by atoms with Crippen molar-refractivity contribution in [3.05, 3.63) is 65.7 Å². The fourth-order valence-electron chi connectivity index (χ4n) is 10.5. The molecule has 1 aliphatic rings. The fourth-order valence-corrected chi connectivity index (χ4v) is 10.5. The number of phenols is 1. The first-order valence-electron chi connectivity index (χ1n) is 32.9. The molecule has 13 amide bonds. The molecular formula is C65H101N17O17. The number of hydrogen-bond donors (Lipinski definition) is 18. The molecule has 1 saturated heterocycles. The number of carboxylic acid groups (broad SMARTS) is 1. The van der Waals surface area contributed by atoms with Gasteiger partial charge in [0.05, 0.1) is 18.7 Å². The Morgan fingerprint density at radius 1 is 0.576 bits per heavy atom. The van der Waals surface area contributed by atoms with Crippen molar-refractivity contribution in [3.63, 3.8) is 0 Å². The van der Waals surface area contributed by atoms with Gasteiger partial charge in [0.15, 0.2) is 5.96 Å². The Hall–Kier alpha value is -9.99. The van der Waals surface area contributed by atoms with Gasteiger partial charge in [0, 0.05) is 38.8 Å². The van der Waals surface area contributed by atoms with Crippen LogP contribution in [0.2, 0.25) is 0 Å². The summed E-state index contributed by atoms with van der Waals surface area (Å²) < 4.78 is 0. The molecule has 34 nitrogen and oxygen atoms in total. The molecule has 2 aromatic carbocycles. The van der Waals surface area contributed by atoms with Gasteiger partial charge in [-0.1, -0.05) is 90.4 Å². The van der Waals surface area contributed by atoms with E-state index in [4.69, 9.17) is 28.7 Å². The lowest BCUT2D eigenvalue weighted by molar-refractivity contribution is -0.143. The number of primary amides is 2. The number of likely N-dealkylation sites (tertiary alicyclic amines) is 1. The molecule has 1 heterocycles. The number of aliphatic carboxylic acids is 1. The normalized spacial score (nSPS) is 16.3. The zero-order chi connectivity index (χ0) is 74.4. The molecule has 0 unspecified atom stereocenters. The first kappa shape index (κ1) is 83.2. The van der Waals surface area contributed by atoms with E-state index in [-0.39, 0.29) is 81.6 Å². The summed E-state index contributed by atoms with van der Waals surface area (Å²) in [5.41, 5.74) is 28.3. The second-order valence-corrected chi connectivity index (χ2v) is 25.4. The zero-order valence-corrected chi connectivity index (χ0v) is 57.3. The van der Waals surface area contributed by atoms with Crippen LogP contribution in [0.15, 0.2) is 59.6 Å². The highest BCUT2D eigenvalue weighted by atomic mass is 16.4. The number of aliphatic imine (C=N–C) groups is 1. The maximum Gasteiger partial charge on any atom is 0.303 e. The molecule has 23 N–H and O–H groups in total. The van der Waals surface area contributed by atoms with Gasteiger partial charge >= 0.3 is 5.97 Å². The Kier molecular flexibility index (Phi) is 34.7. The average molecular weight is 1390 g/mol. The zero-order valence-electron chi connectivity index (χ0n) is 57.3. The highest BCUT2D eigenvalue weighted by molar-refractivity contribution is 5.99. The lowest BCUT2D eigenvalue weighted by Gasteiger charge is -2.32. The number of benzene rings is 2. The van der Waals surface area contributed by atoms with Crippen molar-refractivity contribution in [1.29, 1.82) is 0 Å². The minimum absolute atomic E-state index is 0.0270. The van der Waals surface area contributed by atoms with Crippen molar-refractivity contribution in [2.75, 3.05) is 19.6 Å². The van der Waals surface area contributed by atoms with Crippen LogP contribution in [-0.2, 0) is 80.0 Å². The van der Waals surface area contributed by atoms with E-state index < -0.39 is 187 Å². The van der Waals surface area contributed by atoms with Crippen LogP contribution < -0.4 is 81.8 Å². The van der Waals surface area contributed by atoms with Gasteiger partial charge in [0.25, 0.3) is 0 Å². The molecule has 548 valence electrons. The largest absolute Gasteiger partial charge is 0.508 e. The third-order valence-corrected chi connectivity index (χ3v) is 16.2. The fraction of sp³-hybridized carbons (Fsp3) is 0.585. The number of aliphatic hydroxyl groups excluding tert-OH is 1. The van der Waals surface area contributed by atoms with E-state index in [2.05, 4.69) is 58.2 Å². The molecule has 13 atom stereocenters. The number of aliphatic hydroxyl groups is 1. The maximum atomic E-state index is 14.6. The average Bonchev–Trinajstić information content (AvgIpc) is 1.78. The molecule has 0 radical (unpaired) electrons. The monoisotopic (exact) mass is 1390 g/mol. The standard InChI is InChI=1S/C65H101N17O17/c1-9-35(6)52(80-61(96)47-18-14-28-82(47)64(99)51(34(4)5)79-55(90)36(7)66)62(97)78-46(30-38-15-11-10-12-16-38)60(95)81-53(37(8)83)63(98)77-45(31-39-19-21-40(84)22-20-39)56(91)72-32-49(86)73-42(24-26-50(87)88)57(92)76-44(29-33(2)3)59(94)75-43(23-25-48(67)85)58(93)74-41(54(68)89)17-13-27-71-65(69)70/h10-12,15-16,19-22,33-37,41-47,51-53,83-84H,9,13-14,17-18,23-32,66H2,1-8H3,(H2,67,85)(H2,68,89)(H,72,91)(H,73,86)(H,74,93)(H,75,94)(H,76,92)(H,77,98)(H,78,97)(H,79,90)(H,80,96)(H,81,95)(H,87,88)(H4,69,70,71)/t35-,36-,37+,41-,42-,43-,44-,45-,46-,47-,51-,52-,53-/m0/s1. The molecule has 0 aliphatic carbocycles. The van der Waals surface area contributed by atoms with Gasteiger partial charge in [-0.2, -0.15) is 0 Å². The Balaban J connectivity index is 1.90. The van der Waals surface area contributed by atoms with Crippen LogP contribution in [0.3, 0.4) is 0 Å². The first-order valence-corrected chi connectivity index (χ1v) is 32.9. The van der Waals surface area contributed by atoms with E-state index in [1.54, 1.807) is 71.9 Å². The van der Waals surface area contributed by atoms with Crippen LogP contribution >= 0.6 is 0 Å². The number of rotatable bonds is 42. The molecule has 1 aliphatic heterocycles. The Morgan fingerprint density at radius 3 is 1.63 bits per heavy atom. The van der Waals surface area contributed by atoms with Gasteiger partial charge in [-0.25, -0.2) is 0 Å². The minimum Gasteiger partial charge on any atom is -0.508 e. The lowest BCUT2D eigenvalue weighted by Crippen LogP contribution is -2.62. The van der Waals surface area contributed by atoms with Gasteiger partial charge < -0.3 is 102 Å². The quantitative estimate of drug-likeness (QED) is 0.0170. The van der Waals surface area contributed by atoms with Crippen LogP contribution in [0.25, 0.3) is 0 Å². The van der Waals surface area contributed by atoms with Crippen LogP contribution in [-0.4, -0.2) is 201 Å². The van der Waals surface area contributed by atoms with Gasteiger partial charge in [-0.05, 0) is 99.8 Å². The molecular weight excluding hydrogens is 1290 g/mol. The van der Waals surface area contributed by atoms with Crippen LogP contribution in [0.1, 0.15) is 131 Å². The van der Waals surface area contributed by atoms with Crippen LogP contribution in [0, 0.1) is 17.8 Å². The minimum atomic E-state index is -1.85. The number of nitrogens with zero attached hydrogens (tertiary/aromatic N) is 2. The van der Waals surface area contributed by atoms with Crippen molar-refractivity contribution in [1.82, 2.24) is 58.1 Å². The number of carbonyl (C=O) groups is 14. The van der Waals surface area contributed by atoms with Gasteiger partial charge in [-0.3, -0.25) is 72.1 Å². The number of carboxylic acids is 1. The third-order valence-electron chi connectivity index (χ3n) is 16.2. The topological polar surface area (TPSA) is 566 Å². The number of nitrogens with one attached hydrogen (secondary N) is 10. The first-order chi connectivity index (χ1) is 46.5. The van der Waals surface area contributed by atoms with Gasteiger partial charge in [0.2, 0.25) is 76.8 Å². The van der Waals surface area contributed by atoms with Crippen molar-refractivity contribution in [2.24, 2.45) is 51.4 Å². The Bertz CT molecular complexity index is 3150. The van der Waals surface area contributed by atoms with Crippen molar-refractivity contribution >= 4 is 88.7 Å². The second kappa shape index (κ2) is 41.3. The molecule has 2 aromatic rings. The lowest BCUT2D eigenvalue weighted by atomic mass is 9.96. The highest BCUT2D eigenvalue weighted by Crippen LogP contribution is 2.22. The van der Waals surface area contributed by atoms with Crippen molar-refractivity contribution in [3.8, 4) is 5.75 Å². The van der Waals surface area contributed by atoms with E-state index in [0.717, 1.165) is 6.92 Å². The second-order valence-electron chi connectivity index (χ2n) is 25.4. The summed E-state index contributed by atoms with van der Waals surface area (Å²) in [7, 11) is 0. The van der Waals surface area contributed by atoms with Crippen molar-refractivity contribution in [2.45, 2.75) is 205 Å². The van der Waals surface area contributed by atoms with E-state index in [1.165, 1.54) is 36.1 Å². The summed E-state index contributed by atoms with van der Waals surface area (Å²) in [5.74, 6) is -14.6. The Morgan fingerprint density at radius 2 is 1.09 bits per heavy atom. The molecule has 0 aromatic heterocycles.